The van der Waals surface area contributed by atoms with E-state index >= 15 is 0 Å². The number of hydrogen-bond donors (Lipinski definition) is 1. The monoisotopic (exact) mass is 374 g/mol. The van der Waals surface area contributed by atoms with E-state index in [9.17, 15) is 4.79 Å². The molecule has 0 heterocycles. The number of hydrogen-bond acceptors (Lipinski definition) is 5. The number of carbonyl (C=O) groups is 1. The van der Waals surface area contributed by atoms with Gasteiger partial charge in [0.2, 0.25) is 0 Å². The molecule has 1 atom stereocenters. The molecule has 0 aromatic heterocycles. The Kier molecular flexibility index (Phi) is 6.70. The van der Waals surface area contributed by atoms with Gasteiger partial charge in [0.15, 0.2) is 6.61 Å². The SMILES string of the molecule is COc1ccc(OC)c([C@H](C)NC(=O)COc2ccc(C#N)cc2Cl)c1. The van der Waals surface area contributed by atoms with Gasteiger partial charge in [-0.3, -0.25) is 4.79 Å². The zero-order valence-corrected chi connectivity index (χ0v) is 15.5. The maximum atomic E-state index is 12.2. The first-order valence-corrected chi connectivity index (χ1v) is 8.20. The molecule has 0 aliphatic carbocycles. The summed E-state index contributed by atoms with van der Waals surface area (Å²) in [5.74, 6) is 1.34. The van der Waals surface area contributed by atoms with Crippen molar-refractivity contribution in [3.05, 3.63) is 52.5 Å². The predicted octanol–water partition coefficient (Wildman–Crippen LogP) is 3.49. The molecule has 1 N–H and O–H groups in total. The predicted molar refractivity (Wildman–Crippen MR) is 97.8 cm³/mol. The Balaban J connectivity index is 2.00. The Bertz CT molecular complexity index is 833. The number of nitriles is 1. The van der Waals surface area contributed by atoms with E-state index in [1.165, 1.54) is 6.07 Å². The number of nitrogens with one attached hydrogen (secondary N) is 1. The summed E-state index contributed by atoms with van der Waals surface area (Å²) in [5, 5.41) is 11.9. The number of ether oxygens (including phenoxy) is 3. The van der Waals surface area contributed by atoms with Crippen molar-refractivity contribution in [2.45, 2.75) is 13.0 Å². The van der Waals surface area contributed by atoms with Gasteiger partial charge in [0.1, 0.15) is 17.2 Å². The van der Waals surface area contributed by atoms with Crippen LogP contribution in [0.1, 0.15) is 24.1 Å². The maximum absolute atomic E-state index is 12.2. The third-order valence-electron chi connectivity index (χ3n) is 3.70. The van der Waals surface area contributed by atoms with Crippen molar-refractivity contribution < 1.29 is 19.0 Å². The number of nitrogens with zero attached hydrogens (tertiary/aromatic N) is 1. The first kappa shape index (κ1) is 19.4. The molecule has 0 fully saturated rings. The summed E-state index contributed by atoms with van der Waals surface area (Å²) in [5.41, 5.74) is 1.21. The lowest BCUT2D eigenvalue weighted by Crippen LogP contribution is -2.31. The zero-order valence-electron chi connectivity index (χ0n) is 14.7. The topological polar surface area (TPSA) is 80.6 Å². The van der Waals surface area contributed by atoms with Gasteiger partial charge in [0.25, 0.3) is 5.91 Å². The minimum atomic E-state index is -0.317. The van der Waals surface area contributed by atoms with Gasteiger partial charge in [-0.15, -0.1) is 0 Å². The molecule has 0 saturated carbocycles. The number of methoxy groups -OCH3 is 2. The van der Waals surface area contributed by atoms with Crippen LogP contribution >= 0.6 is 11.6 Å². The van der Waals surface area contributed by atoms with E-state index in [2.05, 4.69) is 5.32 Å². The highest BCUT2D eigenvalue weighted by Crippen LogP contribution is 2.29. The lowest BCUT2D eigenvalue weighted by atomic mass is 10.1. The van der Waals surface area contributed by atoms with E-state index in [1.54, 1.807) is 38.5 Å². The standard InChI is InChI=1S/C19H19ClN2O4/c1-12(15-9-14(24-2)5-7-17(15)25-3)22-19(23)11-26-18-6-4-13(10-21)8-16(18)20/h4-9,12H,11H2,1-3H3,(H,22,23)/t12-/m0/s1. The van der Waals surface area contributed by atoms with Crippen LogP contribution in [0.25, 0.3) is 0 Å². The molecule has 0 aliphatic heterocycles. The Hall–Kier alpha value is -2.91. The van der Waals surface area contributed by atoms with E-state index in [1.807, 2.05) is 19.1 Å². The molecule has 0 spiro atoms. The molecular weight excluding hydrogens is 356 g/mol. The first-order valence-electron chi connectivity index (χ1n) is 7.82. The van der Waals surface area contributed by atoms with Gasteiger partial charge in [0.05, 0.1) is 36.9 Å². The van der Waals surface area contributed by atoms with E-state index in [0.29, 0.717) is 22.8 Å². The van der Waals surface area contributed by atoms with Crippen molar-refractivity contribution in [3.63, 3.8) is 0 Å². The molecule has 6 nitrogen and oxygen atoms in total. The van der Waals surface area contributed by atoms with Crippen LogP contribution < -0.4 is 19.5 Å². The summed E-state index contributed by atoms with van der Waals surface area (Å²) in [6.45, 7) is 1.63. The molecule has 2 aromatic rings. The summed E-state index contributed by atoms with van der Waals surface area (Å²) < 4.78 is 16.0. The van der Waals surface area contributed by atoms with Crippen LogP contribution in [0.2, 0.25) is 5.02 Å². The number of amides is 1. The Morgan fingerprint density at radius 3 is 2.54 bits per heavy atom. The summed E-state index contributed by atoms with van der Waals surface area (Å²) in [7, 11) is 3.14. The maximum Gasteiger partial charge on any atom is 0.258 e. The molecule has 7 heteroatoms. The quantitative estimate of drug-likeness (QED) is 0.802. The van der Waals surface area contributed by atoms with Crippen LogP contribution in [0.15, 0.2) is 36.4 Å². The summed E-state index contributed by atoms with van der Waals surface area (Å²) in [4.78, 5) is 12.2. The van der Waals surface area contributed by atoms with Crippen LogP contribution in [0.5, 0.6) is 17.2 Å². The summed E-state index contributed by atoms with van der Waals surface area (Å²) in [6, 6.07) is 11.7. The van der Waals surface area contributed by atoms with Crippen molar-refractivity contribution in [2.24, 2.45) is 0 Å². The Morgan fingerprint density at radius 2 is 1.92 bits per heavy atom. The van der Waals surface area contributed by atoms with Gasteiger partial charge >= 0.3 is 0 Å². The van der Waals surface area contributed by atoms with Gasteiger partial charge in [-0.2, -0.15) is 5.26 Å². The first-order chi connectivity index (χ1) is 12.5. The second kappa shape index (κ2) is 8.97. The number of halogens is 1. The lowest BCUT2D eigenvalue weighted by Gasteiger charge is -2.18. The molecule has 0 aliphatic rings. The Morgan fingerprint density at radius 1 is 1.19 bits per heavy atom. The molecule has 1 amide bonds. The van der Waals surface area contributed by atoms with E-state index in [4.69, 9.17) is 31.1 Å². The zero-order chi connectivity index (χ0) is 19.1. The third kappa shape index (κ3) is 4.80. The fourth-order valence-corrected chi connectivity index (χ4v) is 2.60. The van der Waals surface area contributed by atoms with Crippen molar-refractivity contribution in [1.29, 1.82) is 5.26 Å². The third-order valence-corrected chi connectivity index (χ3v) is 4.00. The van der Waals surface area contributed by atoms with Gasteiger partial charge in [-0.1, -0.05) is 11.6 Å². The van der Waals surface area contributed by atoms with Crippen LogP contribution in [0.3, 0.4) is 0 Å². The van der Waals surface area contributed by atoms with Gasteiger partial charge in [0, 0.05) is 5.56 Å². The van der Waals surface area contributed by atoms with Crippen molar-refractivity contribution in [1.82, 2.24) is 5.32 Å². The molecule has 0 bridgehead atoms. The molecule has 0 radical (unpaired) electrons. The number of benzene rings is 2. The van der Waals surface area contributed by atoms with Crippen molar-refractivity contribution in [2.75, 3.05) is 20.8 Å². The van der Waals surface area contributed by atoms with E-state index < -0.39 is 0 Å². The minimum absolute atomic E-state index is 0.206. The van der Waals surface area contributed by atoms with Crippen LogP contribution in [-0.2, 0) is 4.79 Å². The number of carbonyl (C=O) groups excluding carboxylic acids is 1. The normalized spacial score (nSPS) is 11.2. The highest BCUT2D eigenvalue weighted by Gasteiger charge is 2.16. The molecule has 0 saturated heterocycles. The fraction of sp³-hybridized carbons (Fsp3) is 0.263. The molecule has 26 heavy (non-hydrogen) atoms. The minimum Gasteiger partial charge on any atom is -0.497 e. The van der Waals surface area contributed by atoms with Crippen molar-refractivity contribution >= 4 is 17.5 Å². The molecule has 136 valence electrons. The van der Waals surface area contributed by atoms with Gasteiger partial charge in [-0.05, 0) is 43.3 Å². The molecule has 2 rings (SSSR count). The second-order valence-corrected chi connectivity index (χ2v) is 5.85. The molecule has 2 aromatic carbocycles. The Labute approximate surface area is 157 Å². The lowest BCUT2D eigenvalue weighted by molar-refractivity contribution is -0.123. The number of rotatable bonds is 7. The van der Waals surface area contributed by atoms with Crippen LogP contribution in [0, 0.1) is 11.3 Å². The summed E-state index contributed by atoms with van der Waals surface area (Å²) in [6.07, 6.45) is 0. The van der Waals surface area contributed by atoms with Crippen LogP contribution in [0.4, 0.5) is 0 Å². The fourth-order valence-electron chi connectivity index (χ4n) is 2.37. The highest BCUT2D eigenvalue weighted by molar-refractivity contribution is 6.32. The van der Waals surface area contributed by atoms with Gasteiger partial charge < -0.3 is 19.5 Å². The molecule has 0 unspecified atom stereocenters. The largest absolute Gasteiger partial charge is 0.497 e. The van der Waals surface area contributed by atoms with Crippen molar-refractivity contribution in [3.8, 4) is 23.3 Å². The van der Waals surface area contributed by atoms with E-state index in [0.717, 1.165) is 5.56 Å². The highest BCUT2D eigenvalue weighted by atomic mass is 35.5. The molecular formula is C19H19ClN2O4. The van der Waals surface area contributed by atoms with E-state index in [-0.39, 0.29) is 23.6 Å². The smallest absolute Gasteiger partial charge is 0.258 e. The summed E-state index contributed by atoms with van der Waals surface area (Å²) >= 11 is 6.03. The van der Waals surface area contributed by atoms with Crippen LogP contribution in [-0.4, -0.2) is 26.7 Å². The van der Waals surface area contributed by atoms with Gasteiger partial charge in [-0.25, -0.2) is 0 Å². The average Bonchev–Trinajstić information content (AvgIpc) is 2.66. The second-order valence-electron chi connectivity index (χ2n) is 5.44. The average molecular weight is 375 g/mol.